The van der Waals surface area contributed by atoms with Crippen LogP contribution < -0.4 is 11.1 Å². The first kappa shape index (κ1) is 19.7. The van der Waals surface area contributed by atoms with E-state index in [0.29, 0.717) is 22.6 Å². The van der Waals surface area contributed by atoms with Gasteiger partial charge < -0.3 is 11.1 Å². The number of hydrogen-bond donors (Lipinski definition) is 3. The standard InChI is InChI=1S/C23H21N7O2/c1-13-5-6-16(23(32)28-17-7-8-17)10-19(13)30-21(24)18(11-27-30)20(31)14-3-2-4-15(9-14)22-25-12-26-29-22/h2-6,9-12,17H,7-8,24H2,1H3,(H,28,32)(H,25,26,29). The SMILES string of the molecule is Cc1ccc(C(=O)NC2CC2)cc1-n1ncc(C(=O)c2cccc(-c3ncn[nH]3)c2)c1N. The summed E-state index contributed by atoms with van der Waals surface area (Å²) >= 11 is 0. The highest BCUT2D eigenvalue weighted by molar-refractivity contribution is 6.12. The van der Waals surface area contributed by atoms with E-state index in [-0.39, 0.29) is 29.1 Å². The number of nitrogens with zero attached hydrogens (tertiary/aromatic N) is 4. The number of aryl methyl sites for hydroxylation is 1. The van der Waals surface area contributed by atoms with Crippen LogP contribution in [0.1, 0.15) is 44.7 Å². The first-order chi connectivity index (χ1) is 15.5. The minimum atomic E-state index is -0.254. The quantitative estimate of drug-likeness (QED) is 0.405. The maximum Gasteiger partial charge on any atom is 0.251 e. The van der Waals surface area contributed by atoms with Gasteiger partial charge in [-0.25, -0.2) is 9.67 Å². The molecular weight excluding hydrogens is 406 g/mol. The number of carbonyl (C=O) groups excluding carboxylic acids is 2. The molecule has 1 aliphatic rings. The number of amides is 1. The van der Waals surface area contributed by atoms with E-state index in [1.54, 1.807) is 30.3 Å². The van der Waals surface area contributed by atoms with Crippen molar-refractivity contribution in [3.63, 3.8) is 0 Å². The second-order valence-corrected chi connectivity index (χ2v) is 7.85. The molecule has 0 atom stereocenters. The van der Waals surface area contributed by atoms with Gasteiger partial charge in [0.1, 0.15) is 12.1 Å². The lowest BCUT2D eigenvalue weighted by Crippen LogP contribution is -2.25. The van der Waals surface area contributed by atoms with Crippen molar-refractivity contribution < 1.29 is 9.59 Å². The number of hydrogen-bond acceptors (Lipinski definition) is 6. The summed E-state index contributed by atoms with van der Waals surface area (Å²) in [7, 11) is 0. The molecule has 9 nitrogen and oxygen atoms in total. The first-order valence-corrected chi connectivity index (χ1v) is 10.3. The third kappa shape index (κ3) is 3.64. The lowest BCUT2D eigenvalue weighted by Gasteiger charge is -2.11. The molecule has 1 amide bonds. The number of H-pyrrole nitrogens is 1. The number of aromatic nitrogens is 5. The molecule has 1 saturated carbocycles. The molecule has 0 unspecified atom stereocenters. The molecule has 2 heterocycles. The predicted molar refractivity (Wildman–Crippen MR) is 118 cm³/mol. The lowest BCUT2D eigenvalue weighted by molar-refractivity contribution is 0.0950. The Labute approximate surface area is 183 Å². The number of carbonyl (C=O) groups is 2. The van der Waals surface area contributed by atoms with E-state index in [1.165, 1.54) is 17.2 Å². The van der Waals surface area contributed by atoms with Crippen LogP contribution in [0.5, 0.6) is 0 Å². The van der Waals surface area contributed by atoms with Gasteiger partial charge in [0, 0.05) is 22.7 Å². The van der Waals surface area contributed by atoms with E-state index in [4.69, 9.17) is 5.73 Å². The molecule has 0 saturated heterocycles. The molecule has 4 N–H and O–H groups in total. The van der Waals surface area contributed by atoms with Crippen LogP contribution in [-0.4, -0.2) is 42.7 Å². The number of nitrogens with one attached hydrogen (secondary N) is 2. The van der Waals surface area contributed by atoms with Crippen molar-refractivity contribution in [1.29, 1.82) is 0 Å². The first-order valence-electron chi connectivity index (χ1n) is 10.3. The Hall–Kier alpha value is -4.27. The number of nitrogen functional groups attached to an aromatic ring is 1. The molecule has 1 aliphatic carbocycles. The van der Waals surface area contributed by atoms with Crippen molar-refractivity contribution in [2.24, 2.45) is 0 Å². The van der Waals surface area contributed by atoms with Crippen molar-refractivity contribution in [1.82, 2.24) is 30.3 Å². The Bertz CT molecular complexity index is 1320. The molecule has 1 fully saturated rings. The summed E-state index contributed by atoms with van der Waals surface area (Å²) in [5.41, 5.74) is 9.89. The van der Waals surface area contributed by atoms with Gasteiger partial charge in [0.2, 0.25) is 0 Å². The monoisotopic (exact) mass is 427 g/mol. The third-order valence-electron chi connectivity index (χ3n) is 5.48. The summed E-state index contributed by atoms with van der Waals surface area (Å²) in [5, 5.41) is 14.0. The number of benzene rings is 2. The van der Waals surface area contributed by atoms with E-state index in [9.17, 15) is 9.59 Å². The lowest BCUT2D eigenvalue weighted by atomic mass is 10.0. The number of aromatic amines is 1. The minimum Gasteiger partial charge on any atom is -0.383 e. The van der Waals surface area contributed by atoms with Crippen molar-refractivity contribution in [3.8, 4) is 17.1 Å². The molecule has 0 aliphatic heterocycles. The Morgan fingerprint density at radius 3 is 2.75 bits per heavy atom. The molecule has 0 spiro atoms. The summed E-state index contributed by atoms with van der Waals surface area (Å²) in [6.07, 6.45) is 4.89. The molecule has 4 aromatic rings. The zero-order chi connectivity index (χ0) is 22.2. The van der Waals surface area contributed by atoms with Crippen molar-refractivity contribution in [3.05, 3.63) is 77.2 Å². The molecule has 0 bridgehead atoms. The predicted octanol–water partition coefficient (Wildman–Crippen LogP) is 2.67. The second-order valence-electron chi connectivity index (χ2n) is 7.85. The number of ketones is 1. The van der Waals surface area contributed by atoms with Gasteiger partial charge in [0.05, 0.1) is 17.4 Å². The van der Waals surface area contributed by atoms with Crippen molar-refractivity contribution >= 4 is 17.5 Å². The Balaban J connectivity index is 1.47. The maximum atomic E-state index is 13.2. The van der Waals surface area contributed by atoms with Gasteiger partial charge in [-0.1, -0.05) is 24.3 Å². The molecule has 32 heavy (non-hydrogen) atoms. The molecule has 0 radical (unpaired) electrons. The zero-order valence-corrected chi connectivity index (χ0v) is 17.4. The van der Waals surface area contributed by atoms with Gasteiger partial charge >= 0.3 is 0 Å². The Morgan fingerprint density at radius 2 is 2.00 bits per heavy atom. The highest BCUT2D eigenvalue weighted by atomic mass is 16.1. The zero-order valence-electron chi connectivity index (χ0n) is 17.4. The molecule has 2 aromatic carbocycles. The van der Waals surface area contributed by atoms with Crippen molar-refractivity contribution in [2.75, 3.05) is 5.73 Å². The molecule has 2 aromatic heterocycles. The van der Waals surface area contributed by atoms with Gasteiger partial charge in [0.25, 0.3) is 5.91 Å². The van der Waals surface area contributed by atoms with Crippen LogP contribution in [0, 0.1) is 6.92 Å². The van der Waals surface area contributed by atoms with Crippen LogP contribution >= 0.6 is 0 Å². The normalized spacial score (nSPS) is 13.2. The summed E-state index contributed by atoms with van der Waals surface area (Å²) in [5.74, 6) is 0.401. The average molecular weight is 427 g/mol. The Kier molecular flexibility index (Phi) is 4.78. The second kappa shape index (κ2) is 7.77. The van der Waals surface area contributed by atoms with Gasteiger partial charge in [-0.2, -0.15) is 10.2 Å². The fourth-order valence-corrected chi connectivity index (χ4v) is 3.51. The van der Waals surface area contributed by atoms with E-state index < -0.39 is 0 Å². The van der Waals surface area contributed by atoms with Crippen LogP contribution in [0.15, 0.2) is 55.0 Å². The van der Waals surface area contributed by atoms with Gasteiger partial charge in [-0.15, -0.1) is 0 Å². The van der Waals surface area contributed by atoms with E-state index in [2.05, 4.69) is 25.6 Å². The topological polar surface area (TPSA) is 132 Å². The highest BCUT2D eigenvalue weighted by Gasteiger charge is 2.24. The largest absolute Gasteiger partial charge is 0.383 e. The highest BCUT2D eigenvalue weighted by Crippen LogP contribution is 2.25. The minimum absolute atomic E-state index is 0.125. The van der Waals surface area contributed by atoms with Crippen LogP contribution in [0.4, 0.5) is 5.82 Å². The maximum absolute atomic E-state index is 13.2. The molecule has 160 valence electrons. The number of anilines is 1. The van der Waals surface area contributed by atoms with Crippen LogP contribution in [0.3, 0.4) is 0 Å². The van der Waals surface area contributed by atoms with Gasteiger partial charge in [0.15, 0.2) is 11.6 Å². The summed E-state index contributed by atoms with van der Waals surface area (Å²) in [4.78, 5) is 29.8. The van der Waals surface area contributed by atoms with Gasteiger partial charge in [-0.3, -0.25) is 14.7 Å². The third-order valence-corrected chi connectivity index (χ3v) is 5.48. The van der Waals surface area contributed by atoms with Crippen molar-refractivity contribution in [2.45, 2.75) is 25.8 Å². The van der Waals surface area contributed by atoms with Crippen LogP contribution in [0.25, 0.3) is 17.1 Å². The fraction of sp³-hybridized carbons (Fsp3) is 0.174. The summed E-state index contributed by atoms with van der Waals surface area (Å²) in [6.45, 7) is 1.90. The smallest absolute Gasteiger partial charge is 0.251 e. The fourth-order valence-electron chi connectivity index (χ4n) is 3.51. The van der Waals surface area contributed by atoms with E-state index >= 15 is 0 Å². The molecule has 5 rings (SSSR count). The number of nitrogens with two attached hydrogens (primary N) is 1. The van der Waals surface area contributed by atoms with Crippen LogP contribution in [0.2, 0.25) is 0 Å². The van der Waals surface area contributed by atoms with E-state index in [0.717, 1.165) is 24.0 Å². The van der Waals surface area contributed by atoms with Gasteiger partial charge in [-0.05, 0) is 43.5 Å². The van der Waals surface area contributed by atoms with Crippen LogP contribution in [-0.2, 0) is 0 Å². The van der Waals surface area contributed by atoms with E-state index in [1.807, 2.05) is 19.1 Å². The average Bonchev–Trinajstić information content (AvgIpc) is 3.29. The summed E-state index contributed by atoms with van der Waals surface area (Å²) < 4.78 is 1.50. The number of rotatable bonds is 6. The summed E-state index contributed by atoms with van der Waals surface area (Å²) in [6, 6.07) is 12.7. The molecular formula is C23H21N7O2. The molecule has 9 heteroatoms. The Morgan fingerprint density at radius 1 is 1.16 bits per heavy atom.